The first-order chi connectivity index (χ1) is 13.8. The minimum absolute atomic E-state index is 0.0228. The standard InChI is InChI=1S/C19H29NO2.C5H10O2/c1-14-9-10-15-6-3-2-4-13-19(15,20)17(14)12-11-16-7-5-8-18(21)22-16;1-3-4(2)5(6)7/h6,9-10,14,16-17H,2-5,7-8,11-13,20H2,1H3;4H,3H2,1-2H3,(H,6,7). The van der Waals surface area contributed by atoms with Crippen LogP contribution in [-0.4, -0.2) is 28.7 Å². The first kappa shape index (κ1) is 23.7. The van der Waals surface area contributed by atoms with E-state index in [1.54, 1.807) is 6.92 Å². The maximum atomic E-state index is 11.5. The second kappa shape index (κ2) is 11.0. The smallest absolute Gasteiger partial charge is 0.306 e. The lowest BCUT2D eigenvalue weighted by atomic mass is 9.65. The van der Waals surface area contributed by atoms with E-state index in [4.69, 9.17) is 15.6 Å². The molecule has 0 aromatic carbocycles. The largest absolute Gasteiger partial charge is 0.481 e. The van der Waals surface area contributed by atoms with Gasteiger partial charge in [-0.05, 0) is 68.8 Å². The van der Waals surface area contributed by atoms with Gasteiger partial charge in [0.2, 0.25) is 0 Å². The van der Waals surface area contributed by atoms with Crippen molar-refractivity contribution in [1.29, 1.82) is 0 Å². The van der Waals surface area contributed by atoms with Gasteiger partial charge in [0.25, 0.3) is 0 Å². The number of hydrogen-bond acceptors (Lipinski definition) is 4. The Labute approximate surface area is 175 Å². The monoisotopic (exact) mass is 405 g/mol. The van der Waals surface area contributed by atoms with Gasteiger partial charge >= 0.3 is 11.9 Å². The molecule has 0 amide bonds. The molecule has 3 aliphatic rings. The Bertz CT molecular complexity index is 626. The predicted molar refractivity (Wildman–Crippen MR) is 115 cm³/mol. The normalized spacial score (nSPS) is 32.6. The zero-order valence-electron chi connectivity index (χ0n) is 18.4. The summed E-state index contributed by atoms with van der Waals surface area (Å²) >= 11 is 0. The Balaban J connectivity index is 0.000000370. The van der Waals surface area contributed by atoms with Crippen LogP contribution >= 0.6 is 0 Å². The SMILES string of the molecule is CC1C=CC2=CCCCCC2(N)C1CCC1CCCC(=O)O1.CCC(C)C(=O)O. The molecule has 2 aliphatic carbocycles. The lowest BCUT2D eigenvalue weighted by Crippen LogP contribution is -2.52. The molecule has 3 N–H and O–H groups in total. The van der Waals surface area contributed by atoms with Crippen LogP contribution in [0, 0.1) is 17.8 Å². The van der Waals surface area contributed by atoms with Gasteiger partial charge in [0.05, 0.1) is 5.92 Å². The van der Waals surface area contributed by atoms with Gasteiger partial charge in [0, 0.05) is 12.0 Å². The quantitative estimate of drug-likeness (QED) is 0.628. The van der Waals surface area contributed by atoms with Crippen LogP contribution in [-0.2, 0) is 14.3 Å². The molecule has 5 unspecified atom stereocenters. The number of carbonyl (C=O) groups is 2. The van der Waals surface area contributed by atoms with Gasteiger partial charge in [-0.3, -0.25) is 9.59 Å². The summed E-state index contributed by atoms with van der Waals surface area (Å²) in [4.78, 5) is 21.4. The zero-order chi connectivity index (χ0) is 21.4. The molecule has 1 fully saturated rings. The van der Waals surface area contributed by atoms with Crippen LogP contribution in [0.1, 0.15) is 85.0 Å². The highest BCUT2D eigenvalue weighted by Crippen LogP contribution is 2.43. The van der Waals surface area contributed by atoms with Gasteiger partial charge in [0.15, 0.2) is 0 Å². The molecule has 1 saturated heterocycles. The second-order valence-corrected chi connectivity index (χ2v) is 9.00. The van der Waals surface area contributed by atoms with Gasteiger partial charge in [-0.15, -0.1) is 0 Å². The summed E-state index contributed by atoms with van der Waals surface area (Å²) in [6, 6.07) is 0. The van der Waals surface area contributed by atoms with Crippen LogP contribution in [0.2, 0.25) is 0 Å². The van der Waals surface area contributed by atoms with Crippen molar-refractivity contribution in [2.24, 2.45) is 23.5 Å². The van der Waals surface area contributed by atoms with E-state index in [1.807, 2.05) is 6.92 Å². The van der Waals surface area contributed by atoms with Crippen LogP contribution < -0.4 is 5.73 Å². The molecule has 5 nitrogen and oxygen atoms in total. The van der Waals surface area contributed by atoms with Gasteiger partial charge in [-0.2, -0.15) is 0 Å². The van der Waals surface area contributed by atoms with E-state index >= 15 is 0 Å². The molecule has 3 rings (SSSR count). The minimum Gasteiger partial charge on any atom is -0.481 e. The molecule has 0 aromatic heterocycles. The van der Waals surface area contributed by atoms with Crippen molar-refractivity contribution in [3.63, 3.8) is 0 Å². The van der Waals surface area contributed by atoms with E-state index in [0.29, 0.717) is 18.3 Å². The van der Waals surface area contributed by atoms with Crippen LogP contribution in [0.4, 0.5) is 0 Å². The Morgan fingerprint density at radius 1 is 1.34 bits per heavy atom. The van der Waals surface area contributed by atoms with Crippen LogP contribution in [0.15, 0.2) is 23.8 Å². The number of carboxylic acid groups (broad SMARTS) is 1. The molecule has 1 heterocycles. The lowest BCUT2D eigenvalue weighted by molar-refractivity contribution is -0.154. The number of esters is 1. The average Bonchev–Trinajstić information content (AvgIpc) is 2.88. The lowest BCUT2D eigenvalue weighted by Gasteiger charge is -2.44. The molecule has 0 aromatic rings. The van der Waals surface area contributed by atoms with Crippen molar-refractivity contribution in [2.45, 2.75) is 96.6 Å². The molecule has 1 aliphatic heterocycles. The van der Waals surface area contributed by atoms with Crippen molar-refractivity contribution in [3.8, 4) is 0 Å². The number of aliphatic carboxylic acids is 1. The molecule has 5 atom stereocenters. The molecule has 0 radical (unpaired) electrons. The average molecular weight is 406 g/mol. The topological polar surface area (TPSA) is 89.6 Å². The highest BCUT2D eigenvalue weighted by molar-refractivity contribution is 5.70. The summed E-state index contributed by atoms with van der Waals surface area (Å²) in [5, 5.41) is 8.18. The number of rotatable bonds is 5. The number of fused-ring (bicyclic) bond motifs is 1. The summed E-state index contributed by atoms with van der Waals surface area (Å²) in [6.45, 7) is 5.84. The number of hydrogen-bond donors (Lipinski definition) is 2. The van der Waals surface area contributed by atoms with Crippen LogP contribution in [0.25, 0.3) is 0 Å². The minimum atomic E-state index is -0.706. The maximum Gasteiger partial charge on any atom is 0.306 e. The van der Waals surface area contributed by atoms with Crippen LogP contribution in [0.5, 0.6) is 0 Å². The number of ether oxygens (including phenoxy) is 1. The fraction of sp³-hybridized carbons (Fsp3) is 0.750. The van der Waals surface area contributed by atoms with Gasteiger partial charge in [0.1, 0.15) is 6.10 Å². The fourth-order valence-corrected chi connectivity index (χ4v) is 4.68. The highest BCUT2D eigenvalue weighted by atomic mass is 16.5. The second-order valence-electron chi connectivity index (χ2n) is 9.00. The molecular weight excluding hydrogens is 366 g/mol. The highest BCUT2D eigenvalue weighted by Gasteiger charge is 2.42. The Morgan fingerprint density at radius 2 is 2.10 bits per heavy atom. The van der Waals surface area contributed by atoms with Gasteiger partial charge < -0.3 is 15.6 Å². The van der Waals surface area contributed by atoms with Gasteiger partial charge in [-0.25, -0.2) is 0 Å². The van der Waals surface area contributed by atoms with Crippen molar-refractivity contribution >= 4 is 11.9 Å². The Hall–Kier alpha value is -1.62. The summed E-state index contributed by atoms with van der Waals surface area (Å²) < 4.78 is 5.49. The Kier molecular flexibility index (Phi) is 8.94. The summed E-state index contributed by atoms with van der Waals surface area (Å²) in [5.74, 6) is 0.0508. The fourth-order valence-electron chi connectivity index (χ4n) is 4.68. The van der Waals surface area contributed by atoms with Crippen LogP contribution in [0.3, 0.4) is 0 Å². The summed E-state index contributed by atoms with van der Waals surface area (Å²) in [5.41, 5.74) is 8.08. The zero-order valence-corrected chi connectivity index (χ0v) is 18.4. The maximum absolute atomic E-state index is 11.5. The summed E-state index contributed by atoms with van der Waals surface area (Å²) in [7, 11) is 0. The first-order valence-corrected chi connectivity index (χ1v) is 11.4. The molecule has 0 saturated carbocycles. The third-order valence-corrected chi connectivity index (χ3v) is 6.86. The van der Waals surface area contributed by atoms with E-state index in [1.165, 1.54) is 18.4 Å². The number of carboxylic acids is 1. The molecule has 0 spiro atoms. The van der Waals surface area contributed by atoms with E-state index in [-0.39, 0.29) is 23.5 Å². The van der Waals surface area contributed by atoms with Gasteiger partial charge in [-0.1, -0.05) is 45.4 Å². The number of cyclic esters (lactones) is 1. The van der Waals surface area contributed by atoms with Crippen molar-refractivity contribution < 1.29 is 19.4 Å². The van der Waals surface area contributed by atoms with E-state index in [0.717, 1.165) is 44.9 Å². The predicted octanol–water partition coefficient (Wildman–Crippen LogP) is 5.00. The van der Waals surface area contributed by atoms with E-state index < -0.39 is 5.97 Å². The van der Waals surface area contributed by atoms with Crippen molar-refractivity contribution in [2.75, 3.05) is 0 Å². The number of allylic oxidation sites excluding steroid dienone is 2. The number of carbonyl (C=O) groups excluding carboxylic acids is 1. The molecule has 29 heavy (non-hydrogen) atoms. The first-order valence-electron chi connectivity index (χ1n) is 11.4. The van der Waals surface area contributed by atoms with Crippen molar-refractivity contribution in [3.05, 3.63) is 23.8 Å². The summed E-state index contributed by atoms with van der Waals surface area (Å²) in [6.07, 6.45) is 17.1. The third kappa shape index (κ3) is 6.43. The molecule has 164 valence electrons. The number of nitrogens with two attached hydrogens (primary N) is 1. The van der Waals surface area contributed by atoms with E-state index in [9.17, 15) is 9.59 Å². The molecule has 5 heteroatoms. The molecule has 0 bridgehead atoms. The third-order valence-electron chi connectivity index (χ3n) is 6.86. The Morgan fingerprint density at radius 3 is 2.72 bits per heavy atom. The molecular formula is C24H39NO4. The van der Waals surface area contributed by atoms with Crippen molar-refractivity contribution in [1.82, 2.24) is 0 Å². The van der Waals surface area contributed by atoms with E-state index in [2.05, 4.69) is 25.2 Å².